The zero-order chi connectivity index (χ0) is 17.6. The van der Waals surface area contributed by atoms with Crippen LogP contribution in [0.4, 0.5) is 17.6 Å². The van der Waals surface area contributed by atoms with Gasteiger partial charge in [0.05, 0.1) is 24.4 Å². The van der Waals surface area contributed by atoms with E-state index in [1.807, 2.05) is 4.90 Å². The van der Waals surface area contributed by atoms with Crippen molar-refractivity contribution in [3.8, 4) is 6.01 Å². The van der Waals surface area contributed by atoms with E-state index in [0.717, 1.165) is 0 Å². The molecule has 1 aromatic heterocycles. The van der Waals surface area contributed by atoms with Crippen LogP contribution in [-0.4, -0.2) is 52.4 Å². The molecule has 0 aliphatic carbocycles. The summed E-state index contributed by atoms with van der Waals surface area (Å²) in [6.07, 6.45) is 1.39. The number of nitro groups is 1. The molecule has 0 saturated carbocycles. The van der Waals surface area contributed by atoms with E-state index in [1.54, 1.807) is 12.1 Å². The summed E-state index contributed by atoms with van der Waals surface area (Å²) in [6.45, 7) is 2.46. The van der Waals surface area contributed by atoms with Crippen LogP contribution in [-0.2, 0) is 4.74 Å². The van der Waals surface area contributed by atoms with Crippen molar-refractivity contribution in [2.24, 2.45) is 5.16 Å². The average molecular weight is 345 g/mol. The Kier molecular flexibility index (Phi) is 4.95. The van der Waals surface area contributed by atoms with Gasteiger partial charge in [-0.15, -0.1) is 0 Å². The Morgan fingerprint density at radius 1 is 1.24 bits per heavy atom. The minimum atomic E-state index is -0.474. The second kappa shape index (κ2) is 7.49. The fourth-order valence-electron chi connectivity index (χ4n) is 2.12. The van der Waals surface area contributed by atoms with Crippen molar-refractivity contribution in [3.05, 3.63) is 39.9 Å². The zero-order valence-corrected chi connectivity index (χ0v) is 13.1. The number of hydrogen-bond donors (Lipinski definition) is 1. The highest BCUT2D eigenvalue weighted by atomic mass is 16.6. The smallest absolute Gasteiger partial charge is 0.352 e. The van der Waals surface area contributed by atoms with Gasteiger partial charge in [-0.2, -0.15) is 15.0 Å². The van der Waals surface area contributed by atoms with Gasteiger partial charge in [-0.25, -0.2) is 0 Å². The number of benzene rings is 1. The number of non-ortho nitro benzene ring substituents is 1. The number of ether oxygens (including phenoxy) is 1. The first-order valence-electron chi connectivity index (χ1n) is 7.41. The second-order valence-corrected chi connectivity index (χ2v) is 5.05. The van der Waals surface area contributed by atoms with E-state index in [4.69, 9.17) is 15.3 Å². The largest absolute Gasteiger partial charge is 0.378 e. The highest BCUT2D eigenvalue weighted by molar-refractivity contribution is 5.79. The van der Waals surface area contributed by atoms with Crippen molar-refractivity contribution < 1.29 is 14.5 Å². The van der Waals surface area contributed by atoms with Crippen molar-refractivity contribution in [1.29, 1.82) is 0 Å². The van der Waals surface area contributed by atoms with Gasteiger partial charge in [0.2, 0.25) is 11.9 Å². The molecule has 25 heavy (non-hydrogen) atoms. The number of oxime groups is 1. The summed E-state index contributed by atoms with van der Waals surface area (Å²) in [5.74, 6) is 0.424. The fourth-order valence-corrected chi connectivity index (χ4v) is 2.12. The van der Waals surface area contributed by atoms with Gasteiger partial charge in [-0.3, -0.25) is 10.1 Å². The van der Waals surface area contributed by atoms with Gasteiger partial charge in [-0.05, 0) is 17.7 Å². The predicted octanol–water partition coefficient (Wildman–Crippen LogP) is 0.611. The predicted molar refractivity (Wildman–Crippen MR) is 88.6 cm³/mol. The summed E-state index contributed by atoms with van der Waals surface area (Å²) in [6, 6.07) is 5.81. The Hall–Kier alpha value is -3.34. The maximum absolute atomic E-state index is 10.6. The van der Waals surface area contributed by atoms with Crippen LogP contribution in [0, 0.1) is 10.1 Å². The second-order valence-electron chi connectivity index (χ2n) is 5.05. The molecule has 0 radical (unpaired) electrons. The van der Waals surface area contributed by atoms with Crippen molar-refractivity contribution in [2.75, 3.05) is 36.9 Å². The summed E-state index contributed by atoms with van der Waals surface area (Å²) in [7, 11) is 0. The Morgan fingerprint density at radius 3 is 2.64 bits per heavy atom. The number of morpholine rings is 1. The van der Waals surface area contributed by atoms with Gasteiger partial charge in [0, 0.05) is 25.2 Å². The van der Waals surface area contributed by atoms with E-state index in [-0.39, 0.29) is 17.6 Å². The van der Waals surface area contributed by atoms with Crippen molar-refractivity contribution in [2.45, 2.75) is 0 Å². The quantitative estimate of drug-likeness (QED) is 0.468. The molecule has 0 spiro atoms. The lowest BCUT2D eigenvalue weighted by molar-refractivity contribution is -0.384. The molecular weight excluding hydrogens is 330 g/mol. The number of nitrogens with two attached hydrogens (primary N) is 1. The van der Waals surface area contributed by atoms with E-state index in [9.17, 15) is 10.1 Å². The van der Waals surface area contributed by atoms with E-state index < -0.39 is 4.92 Å². The summed E-state index contributed by atoms with van der Waals surface area (Å²) >= 11 is 0. The van der Waals surface area contributed by atoms with Gasteiger partial charge in [0.15, 0.2) is 0 Å². The molecule has 1 fully saturated rings. The van der Waals surface area contributed by atoms with E-state index in [0.29, 0.717) is 37.8 Å². The topological polar surface area (TPSA) is 142 Å². The summed E-state index contributed by atoms with van der Waals surface area (Å²) in [4.78, 5) is 29.3. The molecule has 130 valence electrons. The van der Waals surface area contributed by atoms with E-state index >= 15 is 0 Å². The minimum absolute atomic E-state index is 0.00142. The zero-order valence-electron chi connectivity index (χ0n) is 13.1. The maximum atomic E-state index is 10.6. The van der Waals surface area contributed by atoms with Crippen LogP contribution in [0.15, 0.2) is 29.4 Å². The van der Waals surface area contributed by atoms with Gasteiger partial charge in [-0.1, -0.05) is 5.16 Å². The molecule has 0 bridgehead atoms. The van der Waals surface area contributed by atoms with Gasteiger partial charge < -0.3 is 20.2 Å². The third-order valence-corrected chi connectivity index (χ3v) is 3.35. The Labute approximate surface area is 142 Å². The molecule has 2 N–H and O–H groups in total. The molecule has 1 aliphatic rings. The molecule has 1 saturated heterocycles. The maximum Gasteiger partial charge on any atom is 0.352 e. The summed E-state index contributed by atoms with van der Waals surface area (Å²) in [5, 5.41) is 14.4. The number of rotatable bonds is 5. The van der Waals surface area contributed by atoms with E-state index in [2.05, 4.69) is 20.1 Å². The molecule has 1 aromatic carbocycles. The Balaban J connectivity index is 1.67. The monoisotopic (exact) mass is 345 g/mol. The number of nitrogen functional groups attached to an aromatic ring is 1. The Bertz CT molecular complexity index is 775. The average Bonchev–Trinajstić information content (AvgIpc) is 2.62. The fraction of sp³-hybridized carbons (Fsp3) is 0.286. The molecule has 11 heteroatoms. The molecule has 2 heterocycles. The molecule has 3 rings (SSSR count). The van der Waals surface area contributed by atoms with Crippen LogP contribution in [0.2, 0.25) is 0 Å². The number of aromatic nitrogens is 3. The first-order valence-corrected chi connectivity index (χ1v) is 7.41. The molecule has 11 nitrogen and oxygen atoms in total. The lowest BCUT2D eigenvalue weighted by Crippen LogP contribution is -2.37. The standard InChI is InChI=1S/C14H15N7O4/c15-12-17-13(20-5-7-24-8-6-20)19-14(18-12)25-16-9-10-1-3-11(4-2-10)21(22)23/h1-4,9H,5-8H2,(H2,15,17,18,19)/b16-9+. The lowest BCUT2D eigenvalue weighted by Gasteiger charge is -2.26. The first kappa shape index (κ1) is 16.5. The normalized spacial score (nSPS) is 14.6. The van der Waals surface area contributed by atoms with E-state index in [1.165, 1.54) is 18.3 Å². The highest BCUT2D eigenvalue weighted by Crippen LogP contribution is 2.15. The van der Waals surface area contributed by atoms with Crippen LogP contribution >= 0.6 is 0 Å². The van der Waals surface area contributed by atoms with Crippen LogP contribution in [0.1, 0.15) is 5.56 Å². The molecule has 2 aromatic rings. The van der Waals surface area contributed by atoms with Gasteiger partial charge in [0.25, 0.3) is 5.69 Å². The molecule has 0 amide bonds. The lowest BCUT2D eigenvalue weighted by atomic mass is 10.2. The minimum Gasteiger partial charge on any atom is -0.378 e. The number of nitrogens with zero attached hydrogens (tertiary/aromatic N) is 6. The number of anilines is 2. The SMILES string of the molecule is Nc1nc(O/N=C/c2ccc([N+](=O)[O-])cc2)nc(N2CCOCC2)n1. The summed E-state index contributed by atoms with van der Waals surface area (Å²) in [5.41, 5.74) is 6.30. The molecule has 0 atom stereocenters. The van der Waals surface area contributed by atoms with Crippen LogP contribution < -0.4 is 15.5 Å². The number of nitro benzene ring substituents is 1. The van der Waals surface area contributed by atoms with Crippen molar-refractivity contribution in [3.63, 3.8) is 0 Å². The Morgan fingerprint density at radius 2 is 1.96 bits per heavy atom. The molecule has 1 aliphatic heterocycles. The third kappa shape index (κ3) is 4.35. The first-order chi connectivity index (χ1) is 12.1. The summed E-state index contributed by atoms with van der Waals surface area (Å²) < 4.78 is 5.28. The van der Waals surface area contributed by atoms with Crippen LogP contribution in [0.5, 0.6) is 6.01 Å². The van der Waals surface area contributed by atoms with Crippen molar-refractivity contribution >= 4 is 23.8 Å². The van der Waals surface area contributed by atoms with Gasteiger partial charge in [0.1, 0.15) is 0 Å². The van der Waals surface area contributed by atoms with Gasteiger partial charge >= 0.3 is 6.01 Å². The van der Waals surface area contributed by atoms with Crippen molar-refractivity contribution in [1.82, 2.24) is 15.0 Å². The van der Waals surface area contributed by atoms with Crippen LogP contribution in [0.25, 0.3) is 0 Å². The molecule has 0 unspecified atom stereocenters. The molecular formula is C14H15N7O4. The third-order valence-electron chi connectivity index (χ3n) is 3.35. The number of hydrogen-bond acceptors (Lipinski definition) is 10. The van der Waals surface area contributed by atoms with Crippen LogP contribution in [0.3, 0.4) is 0 Å². The highest BCUT2D eigenvalue weighted by Gasteiger charge is 2.16.